The number of aliphatic hydroxyl groups excluding tert-OH is 1. The van der Waals surface area contributed by atoms with Crippen molar-refractivity contribution < 1.29 is 19.4 Å². The first-order valence-corrected chi connectivity index (χ1v) is 7.11. The number of hydrogen-bond acceptors (Lipinski definition) is 4. The van der Waals surface area contributed by atoms with Gasteiger partial charge in [0.2, 0.25) is 5.91 Å². The molecule has 0 bridgehead atoms. The maximum atomic E-state index is 10.5. The molecule has 5 heteroatoms. The summed E-state index contributed by atoms with van der Waals surface area (Å²) in [4.78, 5) is 20.9. The zero-order chi connectivity index (χ0) is 15.7. The number of nitrogens with one attached hydrogen (secondary N) is 1. The number of rotatable bonds is 3. The minimum atomic E-state index is -0.316. The van der Waals surface area contributed by atoms with E-state index in [4.69, 9.17) is 4.74 Å². The van der Waals surface area contributed by atoms with Crippen molar-refractivity contribution in [2.24, 2.45) is 0 Å². The predicted molar refractivity (Wildman–Crippen MR) is 79.4 cm³/mol. The van der Waals surface area contributed by atoms with E-state index in [0.717, 1.165) is 24.8 Å². The Bertz CT molecular complexity index is 447. The summed E-state index contributed by atoms with van der Waals surface area (Å²) in [5.74, 6) is -0.292. The van der Waals surface area contributed by atoms with Gasteiger partial charge in [0, 0.05) is 13.8 Å². The summed E-state index contributed by atoms with van der Waals surface area (Å²) in [7, 11) is 0. The molecule has 0 aliphatic heterocycles. The van der Waals surface area contributed by atoms with Gasteiger partial charge in [0.25, 0.3) is 0 Å². The number of aliphatic hydroxyl groups is 1. The molecule has 2 atom stereocenters. The smallest absolute Gasteiger partial charge is 0.302 e. The van der Waals surface area contributed by atoms with Crippen molar-refractivity contribution in [1.82, 2.24) is 5.32 Å². The Balaban J connectivity index is 0.000000211. The first-order valence-electron chi connectivity index (χ1n) is 7.11. The molecule has 1 aliphatic carbocycles. The standard InChI is InChI=1S/C9H10O2.C7H13NO2/c1-8(10)11-7-9-5-3-2-4-6-9;1-5(9)8-6-3-2-4-7(6)10/h2-6H,7H2,1H3;6-7,10H,2-4H2,1H3,(H,8,9). The highest BCUT2D eigenvalue weighted by Crippen LogP contribution is 2.18. The number of benzene rings is 1. The molecular formula is C16H23NO4. The van der Waals surface area contributed by atoms with Crippen molar-refractivity contribution in [1.29, 1.82) is 0 Å². The lowest BCUT2D eigenvalue weighted by Gasteiger charge is -2.14. The first kappa shape index (κ1) is 17.2. The molecule has 1 aliphatic rings. The van der Waals surface area contributed by atoms with Crippen LogP contribution in [0, 0.1) is 0 Å². The van der Waals surface area contributed by atoms with Gasteiger partial charge in [-0.25, -0.2) is 0 Å². The monoisotopic (exact) mass is 293 g/mol. The Morgan fingerprint density at radius 1 is 1.24 bits per heavy atom. The van der Waals surface area contributed by atoms with Crippen LogP contribution in [0.3, 0.4) is 0 Å². The number of carbonyl (C=O) groups is 2. The summed E-state index contributed by atoms with van der Waals surface area (Å²) in [6.07, 6.45) is 2.45. The van der Waals surface area contributed by atoms with Crippen molar-refractivity contribution in [3.63, 3.8) is 0 Å². The van der Waals surface area contributed by atoms with Crippen LogP contribution in [-0.4, -0.2) is 29.1 Å². The molecule has 0 radical (unpaired) electrons. The molecule has 2 N–H and O–H groups in total. The quantitative estimate of drug-likeness (QED) is 0.833. The van der Waals surface area contributed by atoms with Gasteiger partial charge in [-0.1, -0.05) is 30.3 Å². The average molecular weight is 293 g/mol. The molecule has 1 amide bonds. The molecule has 5 nitrogen and oxygen atoms in total. The van der Waals surface area contributed by atoms with Crippen LogP contribution < -0.4 is 5.32 Å². The van der Waals surface area contributed by atoms with Crippen LogP contribution in [0.2, 0.25) is 0 Å². The van der Waals surface area contributed by atoms with Crippen LogP contribution in [0.5, 0.6) is 0 Å². The fourth-order valence-electron chi connectivity index (χ4n) is 2.13. The van der Waals surface area contributed by atoms with Gasteiger partial charge in [0.15, 0.2) is 0 Å². The van der Waals surface area contributed by atoms with E-state index in [0.29, 0.717) is 6.61 Å². The van der Waals surface area contributed by atoms with Gasteiger partial charge >= 0.3 is 5.97 Å². The van der Waals surface area contributed by atoms with E-state index in [1.807, 2.05) is 30.3 Å². The third kappa shape index (κ3) is 7.46. The van der Waals surface area contributed by atoms with Crippen LogP contribution in [0.1, 0.15) is 38.7 Å². The minimum Gasteiger partial charge on any atom is -0.461 e. The van der Waals surface area contributed by atoms with E-state index in [9.17, 15) is 14.7 Å². The van der Waals surface area contributed by atoms with E-state index < -0.39 is 0 Å². The molecule has 0 heterocycles. The SMILES string of the molecule is CC(=O)NC1CCCC1O.CC(=O)OCc1ccccc1. The third-order valence-corrected chi connectivity index (χ3v) is 3.15. The predicted octanol–water partition coefficient (Wildman–Crippen LogP) is 1.79. The summed E-state index contributed by atoms with van der Waals surface area (Å²) < 4.78 is 4.79. The molecule has 1 aromatic carbocycles. The molecule has 21 heavy (non-hydrogen) atoms. The highest BCUT2D eigenvalue weighted by atomic mass is 16.5. The summed E-state index contributed by atoms with van der Waals surface area (Å²) in [5, 5.41) is 11.9. The fourth-order valence-corrected chi connectivity index (χ4v) is 2.13. The highest BCUT2D eigenvalue weighted by Gasteiger charge is 2.25. The second-order valence-electron chi connectivity index (χ2n) is 5.07. The maximum absolute atomic E-state index is 10.5. The molecule has 1 fully saturated rings. The average Bonchev–Trinajstić information content (AvgIpc) is 2.83. The number of esters is 1. The Labute approximate surface area is 125 Å². The van der Waals surface area contributed by atoms with Gasteiger partial charge in [-0.15, -0.1) is 0 Å². The third-order valence-electron chi connectivity index (χ3n) is 3.15. The van der Waals surface area contributed by atoms with Crippen LogP contribution in [0.15, 0.2) is 30.3 Å². The summed E-state index contributed by atoms with van der Waals surface area (Å²) in [5.41, 5.74) is 1.02. The number of amides is 1. The van der Waals surface area contributed by atoms with E-state index >= 15 is 0 Å². The number of carbonyl (C=O) groups excluding carboxylic acids is 2. The van der Waals surface area contributed by atoms with E-state index in [-0.39, 0.29) is 24.0 Å². The fraction of sp³-hybridized carbons (Fsp3) is 0.500. The molecule has 0 aromatic heterocycles. The molecular weight excluding hydrogens is 270 g/mol. The summed E-state index contributed by atoms with van der Waals surface area (Å²) >= 11 is 0. The molecule has 0 spiro atoms. The van der Waals surface area contributed by atoms with Crippen molar-refractivity contribution in [2.45, 2.75) is 51.9 Å². The van der Waals surface area contributed by atoms with Crippen molar-refractivity contribution in [3.8, 4) is 0 Å². The molecule has 2 unspecified atom stereocenters. The van der Waals surface area contributed by atoms with Gasteiger partial charge in [-0.3, -0.25) is 9.59 Å². The highest BCUT2D eigenvalue weighted by molar-refractivity contribution is 5.73. The van der Waals surface area contributed by atoms with Crippen molar-refractivity contribution in [2.75, 3.05) is 0 Å². The van der Waals surface area contributed by atoms with Crippen LogP contribution >= 0.6 is 0 Å². The van der Waals surface area contributed by atoms with Gasteiger partial charge in [0.1, 0.15) is 6.61 Å². The minimum absolute atomic E-state index is 0.0116. The molecule has 116 valence electrons. The van der Waals surface area contributed by atoms with E-state index in [1.54, 1.807) is 0 Å². The van der Waals surface area contributed by atoms with Crippen LogP contribution in [0.4, 0.5) is 0 Å². The lowest BCUT2D eigenvalue weighted by Crippen LogP contribution is -2.38. The Morgan fingerprint density at radius 3 is 2.38 bits per heavy atom. The second-order valence-corrected chi connectivity index (χ2v) is 5.07. The zero-order valence-electron chi connectivity index (χ0n) is 12.5. The largest absolute Gasteiger partial charge is 0.461 e. The molecule has 1 saturated carbocycles. The summed E-state index contributed by atoms with van der Waals surface area (Å²) in [6, 6.07) is 9.61. The number of hydrogen-bond donors (Lipinski definition) is 2. The van der Waals surface area contributed by atoms with Crippen molar-refractivity contribution >= 4 is 11.9 Å². The van der Waals surface area contributed by atoms with Gasteiger partial charge in [-0.05, 0) is 24.8 Å². The van der Waals surface area contributed by atoms with Gasteiger partial charge in [0.05, 0.1) is 12.1 Å². The molecule has 2 rings (SSSR count). The Morgan fingerprint density at radius 2 is 1.90 bits per heavy atom. The first-order chi connectivity index (χ1) is 9.99. The van der Waals surface area contributed by atoms with Gasteiger partial charge in [-0.2, -0.15) is 0 Å². The van der Waals surface area contributed by atoms with E-state index in [2.05, 4.69) is 5.32 Å². The summed E-state index contributed by atoms with van der Waals surface area (Å²) in [6.45, 7) is 3.25. The normalized spacial score (nSPS) is 20.1. The topological polar surface area (TPSA) is 75.6 Å². The maximum Gasteiger partial charge on any atom is 0.302 e. The lowest BCUT2D eigenvalue weighted by atomic mass is 10.2. The lowest BCUT2D eigenvalue weighted by molar-refractivity contribution is -0.142. The number of ether oxygens (including phenoxy) is 1. The van der Waals surface area contributed by atoms with Crippen LogP contribution in [-0.2, 0) is 20.9 Å². The Kier molecular flexibility index (Phi) is 7.46. The van der Waals surface area contributed by atoms with Gasteiger partial charge < -0.3 is 15.2 Å². The zero-order valence-corrected chi connectivity index (χ0v) is 12.5. The van der Waals surface area contributed by atoms with E-state index in [1.165, 1.54) is 13.8 Å². The Hall–Kier alpha value is -1.88. The second kappa shape index (κ2) is 9.13. The van der Waals surface area contributed by atoms with Crippen LogP contribution in [0.25, 0.3) is 0 Å². The molecule has 0 saturated heterocycles. The van der Waals surface area contributed by atoms with Crippen molar-refractivity contribution in [3.05, 3.63) is 35.9 Å². The molecule has 1 aromatic rings.